The number of unbranched alkanes of at least 4 members (excludes halogenated alkanes) is 1. The predicted molar refractivity (Wildman–Crippen MR) is 99.4 cm³/mol. The minimum Gasteiger partial charge on any atom is -0.382 e. The van der Waals surface area contributed by atoms with Gasteiger partial charge in [0.1, 0.15) is 0 Å². The first-order chi connectivity index (χ1) is 9.69. The van der Waals surface area contributed by atoms with Gasteiger partial charge in [-0.2, -0.15) is 0 Å². The van der Waals surface area contributed by atoms with Gasteiger partial charge in [0.25, 0.3) is 0 Å². The highest BCUT2D eigenvalue weighted by Crippen LogP contribution is 2.03. The van der Waals surface area contributed by atoms with E-state index in [0.29, 0.717) is 0 Å². The standard InChI is InChI=1S/C15H28N4O.HI/c1-5-20-12-7-6-10-17-15(16-2)19(4)13-14-9-8-11-18(14)3;/h8-9,11H,5-7,10,12-13H2,1-4H3,(H,16,17);1H. The first-order valence-electron chi connectivity index (χ1n) is 7.28. The Balaban J connectivity index is 0.00000400. The Morgan fingerprint density at radius 3 is 2.76 bits per heavy atom. The molecule has 0 aromatic carbocycles. The number of guanidine groups is 1. The van der Waals surface area contributed by atoms with Gasteiger partial charge in [0, 0.05) is 52.8 Å². The molecule has 0 radical (unpaired) electrons. The van der Waals surface area contributed by atoms with Crippen molar-refractivity contribution in [2.24, 2.45) is 12.0 Å². The van der Waals surface area contributed by atoms with Crippen LogP contribution in [0.15, 0.2) is 23.3 Å². The Hall–Kier alpha value is -0.760. The molecule has 0 spiro atoms. The van der Waals surface area contributed by atoms with Gasteiger partial charge in [0.2, 0.25) is 0 Å². The van der Waals surface area contributed by atoms with Crippen LogP contribution in [-0.2, 0) is 18.3 Å². The van der Waals surface area contributed by atoms with Crippen molar-refractivity contribution in [3.05, 3.63) is 24.0 Å². The Labute approximate surface area is 145 Å². The molecule has 6 heteroatoms. The Morgan fingerprint density at radius 1 is 1.43 bits per heavy atom. The molecule has 5 nitrogen and oxygen atoms in total. The molecule has 21 heavy (non-hydrogen) atoms. The van der Waals surface area contributed by atoms with Gasteiger partial charge in [-0.3, -0.25) is 4.99 Å². The molecule has 122 valence electrons. The topological polar surface area (TPSA) is 41.8 Å². The smallest absolute Gasteiger partial charge is 0.193 e. The normalized spacial score (nSPS) is 11.1. The average molecular weight is 408 g/mol. The summed E-state index contributed by atoms with van der Waals surface area (Å²) < 4.78 is 7.46. The van der Waals surface area contributed by atoms with E-state index < -0.39 is 0 Å². The minimum atomic E-state index is 0. The Morgan fingerprint density at radius 2 is 2.19 bits per heavy atom. The molecule has 1 aromatic rings. The number of nitrogens with zero attached hydrogens (tertiary/aromatic N) is 3. The maximum Gasteiger partial charge on any atom is 0.193 e. The largest absolute Gasteiger partial charge is 0.382 e. The van der Waals surface area contributed by atoms with Gasteiger partial charge in [-0.25, -0.2) is 0 Å². The molecule has 1 heterocycles. The molecule has 1 rings (SSSR count). The SMILES string of the molecule is CCOCCCCNC(=NC)N(C)Cc1cccn1C.I. The second-order valence-corrected chi connectivity index (χ2v) is 4.84. The van der Waals surface area contributed by atoms with Crippen LogP contribution in [0.2, 0.25) is 0 Å². The fourth-order valence-corrected chi connectivity index (χ4v) is 2.04. The number of aromatic nitrogens is 1. The van der Waals surface area contributed by atoms with Gasteiger partial charge in [0.15, 0.2) is 5.96 Å². The van der Waals surface area contributed by atoms with Crippen LogP contribution in [0.4, 0.5) is 0 Å². The summed E-state index contributed by atoms with van der Waals surface area (Å²) in [5, 5.41) is 3.39. The van der Waals surface area contributed by atoms with E-state index in [-0.39, 0.29) is 24.0 Å². The number of hydrogen-bond donors (Lipinski definition) is 1. The third-order valence-electron chi connectivity index (χ3n) is 3.23. The van der Waals surface area contributed by atoms with Gasteiger partial charge in [-0.05, 0) is 31.9 Å². The first kappa shape index (κ1) is 20.2. The van der Waals surface area contributed by atoms with E-state index in [1.54, 1.807) is 0 Å². The van der Waals surface area contributed by atoms with Crippen molar-refractivity contribution in [2.45, 2.75) is 26.3 Å². The molecule has 0 saturated carbocycles. The summed E-state index contributed by atoms with van der Waals surface area (Å²) in [6.07, 6.45) is 4.24. The highest BCUT2D eigenvalue weighted by atomic mass is 127. The molecule has 0 aliphatic rings. The zero-order valence-electron chi connectivity index (χ0n) is 13.6. The lowest BCUT2D eigenvalue weighted by molar-refractivity contribution is 0.143. The number of aryl methyl sites for hydroxylation is 1. The van der Waals surface area contributed by atoms with E-state index >= 15 is 0 Å². The molecule has 0 aliphatic heterocycles. The van der Waals surface area contributed by atoms with Crippen LogP contribution in [-0.4, -0.2) is 49.3 Å². The summed E-state index contributed by atoms with van der Waals surface area (Å²) in [6, 6.07) is 4.19. The third kappa shape index (κ3) is 7.71. The number of hydrogen-bond acceptors (Lipinski definition) is 2. The van der Waals surface area contributed by atoms with E-state index in [1.807, 2.05) is 14.0 Å². The Bertz CT molecular complexity index is 406. The van der Waals surface area contributed by atoms with Gasteiger partial charge in [0.05, 0.1) is 6.54 Å². The molecule has 0 aliphatic carbocycles. The predicted octanol–water partition coefficient (Wildman–Crippen LogP) is 2.47. The van der Waals surface area contributed by atoms with E-state index in [1.165, 1.54) is 5.69 Å². The van der Waals surface area contributed by atoms with Crippen LogP contribution >= 0.6 is 24.0 Å². The lowest BCUT2D eigenvalue weighted by Gasteiger charge is -2.22. The fraction of sp³-hybridized carbons (Fsp3) is 0.667. The molecular formula is C15H29IN4O. The lowest BCUT2D eigenvalue weighted by Crippen LogP contribution is -2.39. The van der Waals surface area contributed by atoms with E-state index in [4.69, 9.17) is 4.74 Å². The average Bonchev–Trinajstić information content (AvgIpc) is 2.83. The molecule has 1 N–H and O–H groups in total. The van der Waals surface area contributed by atoms with Crippen LogP contribution in [0.5, 0.6) is 0 Å². The third-order valence-corrected chi connectivity index (χ3v) is 3.23. The monoisotopic (exact) mass is 408 g/mol. The van der Waals surface area contributed by atoms with Gasteiger partial charge in [-0.15, -0.1) is 24.0 Å². The Kier molecular flexibility index (Phi) is 11.4. The number of rotatable bonds is 8. The van der Waals surface area contributed by atoms with Crippen molar-refractivity contribution in [3.63, 3.8) is 0 Å². The van der Waals surface area contributed by atoms with Crippen molar-refractivity contribution in [1.29, 1.82) is 0 Å². The second kappa shape index (κ2) is 11.9. The van der Waals surface area contributed by atoms with E-state index in [9.17, 15) is 0 Å². The molecule has 0 atom stereocenters. The zero-order valence-corrected chi connectivity index (χ0v) is 16.0. The second-order valence-electron chi connectivity index (χ2n) is 4.84. The first-order valence-corrected chi connectivity index (χ1v) is 7.28. The molecule has 0 bridgehead atoms. The molecule has 0 fully saturated rings. The van der Waals surface area contributed by atoms with Crippen molar-refractivity contribution < 1.29 is 4.74 Å². The quantitative estimate of drug-likeness (QED) is 0.311. The summed E-state index contributed by atoms with van der Waals surface area (Å²) in [4.78, 5) is 6.46. The van der Waals surface area contributed by atoms with Gasteiger partial charge >= 0.3 is 0 Å². The van der Waals surface area contributed by atoms with Crippen molar-refractivity contribution in [1.82, 2.24) is 14.8 Å². The highest BCUT2D eigenvalue weighted by molar-refractivity contribution is 14.0. The maximum absolute atomic E-state index is 5.33. The zero-order chi connectivity index (χ0) is 14.8. The van der Waals surface area contributed by atoms with E-state index in [0.717, 1.165) is 45.1 Å². The van der Waals surface area contributed by atoms with Crippen LogP contribution in [0.3, 0.4) is 0 Å². The molecular weight excluding hydrogens is 379 g/mol. The summed E-state index contributed by atoms with van der Waals surface area (Å²) in [5.41, 5.74) is 1.27. The summed E-state index contributed by atoms with van der Waals surface area (Å²) in [6.45, 7) is 5.45. The van der Waals surface area contributed by atoms with Crippen LogP contribution < -0.4 is 5.32 Å². The van der Waals surface area contributed by atoms with Gasteiger partial charge in [-0.1, -0.05) is 0 Å². The van der Waals surface area contributed by atoms with E-state index in [2.05, 4.69) is 52.2 Å². The number of aliphatic imine (C=N–C) groups is 1. The summed E-state index contributed by atoms with van der Waals surface area (Å²) >= 11 is 0. The van der Waals surface area contributed by atoms with Crippen LogP contribution in [0.1, 0.15) is 25.5 Å². The number of ether oxygens (including phenoxy) is 1. The summed E-state index contributed by atoms with van der Waals surface area (Å²) in [5.74, 6) is 0.933. The number of nitrogens with one attached hydrogen (secondary N) is 1. The van der Waals surface area contributed by atoms with Crippen LogP contribution in [0, 0.1) is 0 Å². The maximum atomic E-state index is 5.33. The number of halogens is 1. The lowest BCUT2D eigenvalue weighted by atomic mass is 10.3. The molecule has 0 saturated heterocycles. The van der Waals surface area contributed by atoms with Gasteiger partial charge < -0.3 is 19.5 Å². The van der Waals surface area contributed by atoms with Crippen molar-refractivity contribution in [3.8, 4) is 0 Å². The molecule has 0 unspecified atom stereocenters. The van der Waals surface area contributed by atoms with Crippen LogP contribution in [0.25, 0.3) is 0 Å². The van der Waals surface area contributed by atoms with Crippen molar-refractivity contribution >= 4 is 29.9 Å². The minimum absolute atomic E-state index is 0. The molecule has 0 amide bonds. The molecule has 1 aromatic heterocycles. The van der Waals surface area contributed by atoms with Crippen molar-refractivity contribution in [2.75, 3.05) is 33.9 Å². The summed E-state index contributed by atoms with van der Waals surface area (Å²) in [7, 11) is 5.94. The fourth-order valence-electron chi connectivity index (χ4n) is 2.04. The highest BCUT2D eigenvalue weighted by Gasteiger charge is 2.07.